The molecule has 1 atom stereocenters. The Balaban J connectivity index is 1.40. The first kappa shape index (κ1) is 34.7. The molecule has 4 heteroatoms. The molecule has 2 aliphatic rings. The maximum Gasteiger partial charge on any atom is 0.223 e. The Kier molecular flexibility index (Phi) is 13.5. The fraction of sp³-hybridized carbons (Fsp3) is 0.585. The molecule has 1 amide bonds. The Morgan fingerprint density at radius 1 is 0.956 bits per heavy atom. The van der Waals surface area contributed by atoms with Crippen LogP contribution in [0.3, 0.4) is 0 Å². The smallest absolute Gasteiger partial charge is 0.223 e. The van der Waals surface area contributed by atoms with Gasteiger partial charge in [-0.05, 0) is 138 Å². The van der Waals surface area contributed by atoms with Gasteiger partial charge < -0.3 is 10.1 Å². The highest BCUT2D eigenvalue weighted by Gasteiger charge is 2.32. The summed E-state index contributed by atoms with van der Waals surface area (Å²) >= 11 is 0. The van der Waals surface area contributed by atoms with Gasteiger partial charge in [0.05, 0.1) is 7.11 Å². The number of carbonyl (C=O) groups is 1. The van der Waals surface area contributed by atoms with Crippen LogP contribution in [-0.4, -0.2) is 37.0 Å². The molecule has 0 spiro atoms. The Bertz CT molecular complexity index is 1320. The third kappa shape index (κ3) is 11.9. The van der Waals surface area contributed by atoms with E-state index in [1.807, 2.05) is 12.1 Å². The van der Waals surface area contributed by atoms with Gasteiger partial charge in [-0.1, -0.05) is 68.7 Å². The topological polar surface area (TPSA) is 41.6 Å². The van der Waals surface area contributed by atoms with Crippen molar-refractivity contribution in [3.8, 4) is 29.4 Å². The van der Waals surface area contributed by atoms with Gasteiger partial charge in [0, 0.05) is 29.5 Å². The number of carbonyl (C=O) groups excluding carboxylic acids is 1. The zero-order valence-corrected chi connectivity index (χ0v) is 28.6. The maximum atomic E-state index is 13.7. The van der Waals surface area contributed by atoms with E-state index in [2.05, 4.69) is 98.0 Å². The van der Waals surface area contributed by atoms with Crippen LogP contribution in [0.4, 0.5) is 0 Å². The quantitative estimate of drug-likeness (QED) is 0.194. The molecule has 2 fully saturated rings. The molecule has 4 rings (SSSR count). The zero-order valence-electron chi connectivity index (χ0n) is 28.6. The summed E-state index contributed by atoms with van der Waals surface area (Å²) in [4.78, 5) is 16.3. The Labute approximate surface area is 274 Å². The first-order chi connectivity index (χ1) is 21.7. The first-order valence-electron chi connectivity index (χ1n) is 17.5. The summed E-state index contributed by atoms with van der Waals surface area (Å²) in [7, 11) is 1.71. The third-order valence-corrected chi connectivity index (χ3v) is 9.62. The predicted molar refractivity (Wildman–Crippen MR) is 187 cm³/mol. The fourth-order valence-corrected chi connectivity index (χ4v) is 6.89. The van der Waals surface area contributed by atoms with Crippen LogP contribution >= 0.6 is 0 Å². The molecule has 2 aromatic rings. The number of unbranched alkanes of at least 4 members (excludes halogenated alkanes) is 2. The van der Waals surface area contributed by atoms with Crippen LogP contribution in [0.5, 0.6) is 5.75 Å². The number of hydrogen-bond donors (Lipinski definition) is 1. The van der Waals surface area contributed by atoms with Crippen LogP contribution in [0.15, 0.2) is 48.5 Å². The van der Waals surface area contributed by atoms with Gasteiger partial charge in [-0.25, -0.2) is 0 Å². The molecule has 1 heterocycles. The minimum Gasteiger partial charge on any atom is -0.497 e. The predicted octanol–water partition coefficient (Wildman–Crippen LogP) is 8.42. The number of nitrogens with one attached hydrogen (secondary N) is 1. The molecular formula is C41H56N2O2. The van der Waals surface area contributed by atoms with Gasteiger partial charge >= 0.3 is 0 Å². The number of amides is 1. The SMILES string of the molecule is CCCCCC1CCC(C(=O)NC(Cc2cccc(C#CC#CC(C)(C)C)c2)C2CCN(Cc3ccc(OC)cc3)CC2)CC1. The molecular weight excluding hydrogens is 552 g/mol. The standard InChI is InChI=1S/C41H56N2O2/c1-6-7-8-12-32-16-20-37(21-17-32)40(44)42-39(30-35-15-11-14-33(29-35)13-9-10-26-41(2,3)4)36-24-27-43(28-25-36)31-34-18-22-38(45-5)23-19-34/h11,14-15,18-19,22-23,29,32,36-37,39H,6-8,12,16-17,20-21,24-25,27-28,30-31H2,1-5H3,(H,42,44). The van der Waals surface area contributed by atoms with Crippen molar-refractivity contribution < 1.29 is 9.53 Å². The summed E-state index contributed by atoms with van der Waals surface area (Å²) in [5, 5.41) is 3.61. The van der Waals surface area contributed by atoms with Gasteiger partial charge in [0.1, 0.15) is 5.75 Å². The first-order valence-corrected chi connectivity index (χ1v) is 17.5. The minimum atomic E-state index is -0.0551. The van der Waals surface area contributed by atoms with E-state index >= 15 is 0 Å². The highest BCUT2D eigenvalue weighted by atomic mass is 16.5. The molecule has 1 saturated carbocycles. The number of benzene rings is 2. The summed E-state index contributed by atoms with van der Waals surface area (Å²) in [6.45, 7) is 11.6. The van der Waals surface area contributed by atoms with E-state index < -0.39 is 0 Å². The van der Waals surface area contributed by atoms with Gasteiger partial charge in [0.2, 0.25) is 5.91 Å². The van der Waals surface area contributed by atoms with Crippen molar-refractivity contribution in [3.05, 3.63) is 65.2 Å². The minimum absolute atomic E-state index is 0.0551. The summed E-state index contributed by atoms with van der Waals surface area (Å²) in [5.41, 5.74) is 3.47. The lowest BCUT2D eigenvalue weighted by Gasteiger charge is -2.37. The summed E-state index contributed by atoms with van der Waals surface area (Å²) in [6.07, 6.45) is 12.8. The molecule has 4 nitrogen and oxygen atoms in total. The maximum absolute atomic E-state index is 13.7. The van der Waals surface area contributed by atoms with E-state index in [1.165, 1.54) is 49.7 Å². The van der Waals surface area contributed by atoms with Crippen molar-refractivity contribution in [1.29, 1.82) is 0 Å². The van der Waals surface area contributed by atoms with Crippen molar-refractivity contribution >= 4 is 5.91 Å². The van der Waals surface area contributed by atoms with Gasteiger partial charge in [-0.15, -0.1) is 0 Å². The van der Waals surface area contributed by atoms with Crippen molar-refractivity contribution in [2.45, 2.75) is 111 Å². The van der Waals surface area contributed by atoms with Crippen molar-refractivity contribution in [3.63, 3.8) is 0 Å². The van der Waals surface area contributed by atoms with E-state index in [-0.39, 0.29) is 23.3 Å². The number of hydrogen-bond acceptors (Lipinski definition) is 3. The van der Waals surface area contributed by atoms with Gasteiger partial charge in [0.25, 0.3) is 0 Å². The summed E-state index contributed by atoms with van der Waals surface area (Å²) in [6, 6.07) is 17.1. The van der Waals surface area contributed by atoms with Crippen molar-refractivity contribution in [2.24, 2.45) is 23.2 Å². The average molecular weight is 609 g/mol. The molecule has 45 heavy (non-hydrogen) atoms. The molecule has 1 saturated heterocycles. The number of rotatable bonds is 12. The molecule has 0 radical (unpaired) electrons. The van der Waals surface area contributed by atoms with Crippen molar-refractivity contribution in [2.75, 3.05) is 20.2 Å². The van der Waals surface area contributed by atoms with Crippen LogP contribution in [0.2, 0.25) is 0 Å². The number of ether oxygens (including phenoxy) is 1. The van der Waals surface area contributed by atoms with E-state index in [4.69, 9.17) is 4.74 Å². The van der Waals surface area contributed by atoms with E-state index in [1.54, 1.807) is 7.11 Å². The van der Waals surface area contributed by atoms with E-state index in [0.29, 0.717) is 5.92 Å². The second-order valence-electron chi connectivity index (χ2n) is 14.4. The van der Waals surface area contributed by atoms with Crippen LogP contribution in [0, 0.1) is 46.9 Å². The van der Waals surface area contributed by atoms with E-state index in [9.17, 15) is 4.79 Å². The molecule has 0 bridgehead atoms. The molecule has 0 aromatic heterocycles. The Morgan fingerprint density at radius 2 is 1.69 bits per heavy atom. The normalized spacial score (nSPS) is 19.8. The lowest BCUT2D eigenvalue weighted by Crippen LogP contribution is -2.48. The summed E-state index contributed by atoms with van der Waals surface area (Å²) < 4.78 is 5.33. The van der Waals surface area contributed by atoms with Gasteiger partial charge in [0.15, 0.2) is 0 Å². The zero-order chi connectivity index (χ0) is 32.1. The fourth-order valence-electron chi connectivity index (χ4n) is 6.89. The Morgan fingerprint density at radius 3 is 2.36 bits per heavy atom. The molecule has 1 N–H and O–H groups in total. The molecule has 2 aromatic carbocycles. The van der Waals surface area contributed by atoms with Crippen LogP contribution in [0.25, 0.3) is 0 Å². The highest BCUT2D eigenvalue weighted by molar-refractivity contribution is 5.79. The monoisotopic (exact) mass is 608 g/mol. The molecule has 1 aliphatic heterocycles. The lowest BCUT2D eigenvalue weighted by molar-refractivity contribution is -0.127. The van der Waals surface area contributed by atoms with E-state index in [0.717, 1.165) is 69.0 Å². The highest BCUT2D eigenvalue weighted by Crippen LogP contribution is 2.33. The second-order valence-corrected chi connectivity index (χ2v) is 14.4. The third-order valence-electron chi connectivity index (χ3n) is 9.62. The second kappa shape index (κ2) is 17.5. The van der Waals surface area contributed by atoms with Crippen LogP contribution < -0.4 is 10.1 Å². The Hall–Kier alpha value is -3.21. The molecule has 1 unspecified atom stereocenters. The lowest BCUT2D eigenvalue weighted by atomic mass is 9.79. The summed E-state index contributed by atoms with van der Waals surface area (Å²) in [5.74, 6) is 15.1. The van der Waals surface area contributed by atoms with Crippen LogP contribution in [-0.2, 0) is 17.8 Å². The van der Waals surface area contributed by atoms with Crippen LogP contribution in [0.1, 0.15) is 109 Å². The van der Waals surface area contributed by atoms with Gasteiger partial charge in [-0.2, -0.15) is 0 Å². The number of methoxy groups -OCH3 is 1. The molecule has 242 valence electrons. The number of piperidine rings is 1. The molecule has 1 aliphatic carbocycles. The number of nitrogens with zero attached hydrogens (tertiary/aromatic N) is 1. The number of likely N-dealkylation sites (tertiary alicyclic amines) is 1. The van der Waals surface area contributed by atoms with Gasteiger partial charge in [-0.3, -0.25) is 9.69 Å². The average Bonchev–Trinajstić information content (AvgIpc) is 3.04. The van der Waals surface area contributed by atoms with Crippen molar-refractivity contribution in [1.82, 2.24) is 10.2 Å². The largest absolute Gasteiger partial charge is 0.497 e.